The van der Waals surface area contributed by atoms with Crippen LogP contribution in [0.3, 0.4) is 0 Å². The van der Waals surface area contributed by atoms with E-state index in [1.165, 1.54) is 0 Å². The maximum atomic E-state index is 12.2. The summed E-state index contributed by atoms with van der Waals surface area (Å²) in [5, 5.41) is 7.57. The summed E-state index contributed by atoms with van der Waals surface area (Å²) in [4.78, 5) is 14.1. The van der Waals surface area contributed by atoms with Gasteiger partial charge in [-0.3, -0.25) is 4.79 Å². The zero-order chi connectivity index (χ0) is 12.3. The molecule has 1 aromatic rings. The van der Waals surface area contributed by atoms with Crippen molar-refractivity contribution in [3.63, 3.8) is 0 Å². The third-order valence-electron chi connectivity index (χ3n) is 2.91. The Bertz CT molecular complexity index is 386. The highest BCUT2D eigenvalue weighted by molar-refractivity contribution is 5.92. The van der Waals surface area contributed by atoms with Gasteiger partial charge >= 0.3 is 0 Å². The number of hydrogen-bond donors (Lipinski definition) is 1. The van der Waals surface area contributed by atoms with Crippen molar-refractivity contribution in [2.45, 2.75) is 38.6 Å². The first kappa shape index (κ1) is 11.8. The summed E-state index contributed by atoms with van der Waals surface area (Å²) in [5.41, 5.74) is 5.85. The normalized spacial score (nSPS) is 14.6. The summed E-state index contributed by atoms with van der Waals surface area (Å²) in [7, 11) is 0. The maximum absolute atomic E-state index is 12.2. The first-order valence-corrected chi connectivity index (χ1v) is 6.12. The third kappa shape index (κ3) is 2.93. The number of nitrogen functional groups attached to an aromatic ring is 1. The molecule has 2 N–H and O–H groups in total. The molecule has 0 aliphatic heterocycles. The topological polar surface area (TPSA) is 72.1 Å². The zero-order valence-electron chi connectivity index (χ0n) is 10.1. The fourth-order valence-corrected chi connectivity index (χ4v) is 1.77. The summed E-state index contributed by atoms with van der Waals surface area (Å²) in [6.07, 6.45) is 4.34. The van der Waals surface area contributed by atoms with Gasteiger partial charge in [-0.25, -0.2) is 0 Å². The van der Waals surface area contributed by atoms with Crippen molar-refractivity contribution in [3.05, 3.63) is 17.8 Å². The van der Waals surface area contributed by atoms with Crippen molar-refractivity contribution in [2.75, 3.05) is 12.3 Å². The molecule has 1 aliphatic carbocycles. The fraction of sp³-hybridized carbons (Fsp3) is 0.583. The van der Waals surface area contributed by atoms with Gasteiger partial charge in [0, 0.05) is 12.6 Å². The molecule has 5 nitrogen and oxygen atoms in total. The lowest BCUT2D eigenvalue weighted by molar-refractivity contribution is 0.0733. The second-order valence-corrected chi connectivity index (χ2v) is 4.43. The van der Waals surface area contributed by atoms with E-state index in [-0.39, 0.29) is 5.91 Å². The molecule has 1 fully saturated rings. The average Bonchev–Trinajstić information content (AvgIpc) is 3.14. The van der Waals surface area contributed by atoms with Crippen LogP contribution in [0.5, 0.6) is 0 Å². The van der Waals surface area contributed by atoms with Gasteiger partial charge in [0.05, 0.1) is 0 Å². The van der Waals surface area contributed by atoms with E-state index in [1.54, 1.807) is 12.1 Å². The zero-order valence-corrected chi connectivity index (χ0v) is 10.1. The molecule has 0 atom stereocenters. The van der Waals surface area contributed by atoms with Crippen LogP contribution in [-0.2, 0) is 0 Å². The van der Waals surface area contributed by atoms with Gasteiger partial charge in [0.25, 0.3) is 5.91 Å². The minimum Gasteiger partial charge on any atom is -0.382 e. The van der Waals surface area contributed by atoms with E-state index in [1.807, 2.05) is 4.90 Å². The van der Waals surface area contributed by atoms with Crippen LogP contribution in [-0.4, -0.2) is 33.6 Å². The van der Waals surface area contributed by atoms with Gasteiger partial charge in [-0.05, 0) is 31.4 Å². The largest absolute Gasteiger partial charge is 0.382 e. The molecular formula is C12H18N4O. The number of amides is 1. The van der Waals surface area contributed by atoms with Crippen LogP contribution in [0.1, 0.15) is 43.1 Å². The minimum atomic E-state index is -0.0200. The first-order chi connectivity index (χ1) is 8.22. The number of carbonyl (C=O) groups is 1. The molecule has 0 bridgehead atoms. The Labute approximate surface area is 101 Å². The van der Waals surface area contributed by atoms with Crippen LogP contribution >= 0.6 is 0 Å². The highest BCUT2D eigenvalue weighted by atomic mass is 16.2. The smallest absolute Gasteiger partial charge is 0.274 e. The fourth-order valence-electron chi connectivity index (χ4n) is 1.77. The van der Waals surface area contributed by atoms with E-state index < -0.39 is 0 Å². The van der Waals surface area contributed by atoms with Crippen molar-refractivity contribution in [1.82, 2.24) is 15.1 Å². The van der Waals surface area contributed by atoms with Gasteiger partial charge < -0.3 is 10.6 Å². The van der Waals surface area contributed by atoms with Crippen LogP contribution < -0.4 is 5.73 Å². The molecule has 0 radical (unpaired) electrons. The quantitative estimate of drug-likeness (QED) is 0.837. The van der Waals surface area contributed by atoms with E-state index in [0.717, 1.165) is 32.2 Å². The van der Waals surface area contributed by atoms with Crippen LogP contribution in [0, 0.1) is 0 Å². The summed E-state index contributed by atoms with van der Waals surface area (Å²) in [6, 6.07) is 3.67. The van der Waals surface area contributed by atoms with E-state index >= 15 is 0 Å². The first-order valence-electron chi connectivity index (χ1n) is 6.12. The van der Waals surface area contributed by atoms with Crippen molar-refractivity contribution < 1.29 is 4.79 Å². The number of anilines is 1. The predicted octanol–water partition coefficient (Wildman–Crippen LogP) is 1.46. The summed E-state index contributed by atoms with van der Waals surface area (Å²) in [5.74, 6) is 0.321. The molecule has 0 unspecified atom stereocenters. The SMILES string of the molecule is CCCCN(C(=O)c1ccc(N)nn1)C1CC1. The molecule has 1 aliphatic rings. The van der Waals surface area contributed by atoms with Crippen LogP contribution in [0.4, 0.5) is 5.82 Å². The molecule has 1 aromatic heterocycles. The van der Waals surface area contributed by atoms with Crippen molar-refractivity contribution in [1.29, 1.82) is 0 Å². The van der Waals surface area contributed by atoms with Crippen molar-refractivity contribution >= 4 is 11.7 Å². The molecule has 1 heterocycles. The van der Waals surface area contributed by atoms with Crippen LogP contribution in [0.25, 0.3) is 0 Å². The number of hydrogen-bond acceptors (Lipinski definition) is 4. The number of nitrogens with two attached hydrogens (primary N) is 1. The molecule has 2 rings (SSSR count). The lowest BCUT2D eigenvalue weighted by Crippen LogP contribution is -2.34. The van der Waals surface area contributed by atoms with Gasteiger partial charge in [0.1, 0.15) is 5.82 Å². The molecule has 0 spiro atoms. The lowest BCUT2D eigenvalue weighted by Gasteiger charge is -2.21. The minimum absolute atomic E-state index is 0.0200. The molecule has 0 saturated heterocycles. The van der Waals surface area contributed by atoms with E-state index in [0.29, 0.717) is 17.6 Å². The molecule has 1 amide bonds. The van der Waals surface area contributed by atoms with Gasteiger partial charge in [-0.1, -0.05) is 13.3 Å². The van der Waals surface area contributed by atoms with Gasteiger partial charge in [0.15, 0.2) is 5.69 Å². The second-order valence-electron chi connectivity index (χ2n) is 4.43. The number of nitrogens with zero attached hydrogens (tertiary/aromatic N) is 3. The number of aromatic nitrogens is 2. The number of unbranched alkanes of at least 4 members (excludes halogenated alkanes) is 1. The number of rotatable bonds is 5. The third-order valence-corrected chi connectivity index (χ3v) is 2.91. The molecule has 1 saturated carbocycles. The van der Waals surface area contributed by atoms with E-state index in [4.69, 9.17) is 5.73 Å². The Hall–Kier alpha value is -1.65. The predicted molar refractivity (Wildman–Crippen MR) is 65.4 cm³/mol. The molecule has 5 heteroatoms. The standard InChI is InChI=1S/C12H18N4O/c1-2-3-8-16(9-4-5-9)12(17)10-6-7-11(13)15-14-10/h6-7,9H,2-5,8H2,1H3,(H2,13,15). The van der Waals surface area contributed by atoms with E-state index in [9.17, 15) is 4.79 Å². The summed E-state index contributed by atoms with van der Waals surface area (Å²) < 4.78 is 0. The highest BCUT2D eigenvalue weighted by Gasteiger charge is 2.33. The van der Waals surface area contributed by atoms with Gasteiger partial charge in [-0.15, -0.1) is 10.2 Å². The van der Waals surface area contributed by atoms with Crippen molar-refractivity contribution in [2.24, 2.45) is 0 Å². The van der Waals surface area contributed by atoms with Crippen LogP contribution in [0.15, 0.2) is 12.1 Å². The Morgan fingerprint density at radius 3 is 2.76 bits per heavy atom. The maximum Gasteiger partial charge on any atom is 0.274 e. The molecule has 17 heavy (non-hydrogen) atoms. The van der Waals surface area contributed by atoms with Gasteiger partial charge in [0.2, 0.25) is 0 Å². The molecular weight excluding hydrogens is 216 g/mol. The summed E-state index contributed by atoms with van der Waals surface area (Å²) >= 11 is 0. The monoisotopic (exact) mass is 234 g/mol. The van der Waals surface area contributed by atoms with E-state index in [2.05, 4.69) is 17.1 Å². The lowest BCUT2D eigenvalue weighted by atomic mass is 10.2. The second kappa shape index (κ2) is 5.12. The van der Waals surface area contributed by atoms with Crippen molar-refractivity contribution in [3.8, 4) is 0 Å². The Kier molecular flexibility index (Phi) is 3.56. The Balaban J connectivity index is 2.07. The van der Waals surface area contributed by atoms with Gasteiger partial charge in [-0.2, -0.15) is 0 Å². The summed E-state index contributed by atoms with van der Waals surface area (Å²) in [6.45, 7) is 2.94. The van der Waals surface area contributed by atoms with Crippen LogP contribution in [0.2, 0.25) is 0 Å². The molecule has 92 valence electrons. The average molecular weight is 234 g/mol. The Morgan fingerprint density at radius 1 is 1.47 bits per heavy atom. The highest BCUT2D eigenvalue weighted by Crippen LogP contribution is 2.28. The molecule has 0 aromatic carbocycles. The Morgan fingerprint density at radius 2 is 2.24 bits per heavy atom. The number of carbonyl (C=O) groups excluding carboxylic acids is 1.